The molecule has 0 aliphatic heterocycles. The van der Waals surface area contributed by atoms with E-state index in [0.29, 0.717) is 29.4 Å². The number of carbonyl (C=O) groups excluding carboxylic acids is 2. The summed E-state index contributed by atoms with van der Waals surface area (Å²) in [5.74, 6) is 0.613. The molecule has 0 unspecified atom stereocenters. The molecule has 2 aromatic carbocycles. The monoisotopic (exact) mass is 397 g/mol. The van der Waals surface area contributed by atoms with Crippen LogP contribution in [0.5, 0.6) is 11.5 Å². The van der Waals surface area contributed by atoms with E-state index < -0.39 is 5.97 Å². The van der Waals surface area contributed by atoms with Crippen molar-refractivity contribution >= 4 is 23.6 Å². The quantitative estimate of drug-likeness (QED) is 0.357. The molecular weight excluding hydrogens is 370 g/mol. The molecule has 2 rings (SSSR count). The Bertz CT molecular complexity index is 843. The summed E-state index contributed by atoms with van der Waals surface area (Å²) in [5.41, 5.74) is 1.82. The molecule has 0 aliphatic rings. The smallest absolute Gasteiger partial charge is 0.337 e. The largest absolute Gasteiger partial charge is 0.493 e. The Morgan fingerprint density at radius 3 is 2.41 bits per heavy atom. The van der Waals surface area contributed by atoms with Crippen molar-refractivity contribution in [2.45, 2.75) is 26.2 Å². The highest BCUT2D eigenvalue weighted by Gasteiger charge is 2.07. The van der Waals surface area contributed by atoms with E-state index in [1.54, 1.807) is 37.5 Å². The SMILES string of the molecule is CCCCCOc1ccc(C=CC(=O)Nc2ccc(C(=O)OC)cc2)cc1OC. The van der Waals surface area contributed by atoms with Crippen LogP contribution >= 0.6 is 0 Å². The van der Waals surface area contributed by atoms with Crippen molar-refractivity contribution in [1.82, 2.24) is 0 Å². The van der Waals surface area contributed by atoms with Crippen LogP contribution in [-0.4, -0.2) is 32.7 Å². The first-order valence-electron chi connectivity index (χ1n) is 9.55. The summed E-state index contributed by atoms with van der Waals surface area (Å²) in [4.78, 5) is 23.6. The maximum Gasteiger partial charge on any atom is 0.337 e. The number of methoxy groups -OCH3 is 2. The molecule has 0 spiro atoms. The van der Waals surface area contributed by atoms with Crippen molar-refractivity contribution in [3.05, 3.63) is 59.7 Å². The first kappa shape index (κ1) is 22.0. The predicted octanol–water partition coefficient (Wildman–Crippen LogP) is 4.70. The van der Waals surface area contributed by atoms with Crippen LogP contribution in [0.15, 0.2) is 48.5 Å². The highest BCUT2D eigenvalue weighted by Crippen LogP contribution is 2.28. The van der Waals surface area contributed by atoms with E-state index in [2.05, 4.69) is 17.0 Å². The molecule has 6 nitrogen and oxygen atoms in total. The summed E-state index contributed by atoms with van der Waals surface area (Å²) < 4.78 is 15.8. The molecule has 0 radical (unpaired) electrons. The number of hydrogen-bond donors (Lipinski definition) is 1. The van der Waals surface area contributed by atoms with Gasteiger partial charge in [-0.3, -0.25) is 4.79 Å². The Balaban J connectivity index is 1.95. The zero-order valence-corrected chi connectivity index (χ0v) is 17.1. The predicted molar refractivity (Wildman–Crippen MR) is 113 cm³/mol. The van der Waals surface area contributed by atoms with E-state index in [-0.39, 0.29) is 5.91 Å². The number of benzene rings is 2. The summed E-state index contributed by atoms with van der Waals surface area (Å²) >= 11 is 0. The summed E-state index contributed by atoms with van der Waals surface area (Å²) in [7, 11) is 2.91. The van der Waals surface area contributed by atoms with Gasteiger partial charge in [0.15, 0.2) is 11.5 Å². The lowest BCUT2D eigenvalue weighted by Gasteiger charge is -2.11. The van der Waals surface area contributed by atoms with Crippen molar-refractivity contribution in [3.8, 4) is 11.5 Å². The summed E-state index contributed by atoms with van der Waals surface area (Å²) in [6, 6.07) is 12.0. The van der Waals surface area contributed by atoms with Gasteiger partial charge in [-0.2, -0.15) is 0 Å². The lowest BCUT2D eigenvalue weighted by Crippen LogP contribution is -2.08. The summed E-state index contributed by atoms with van der Waals surface area (Å²) in [6.45, 7) is 2.80. The average Bonchev–Trinajstić information content (AvgIpc) is 2.75. The van der Waals surface area contributed by atoms with Crippen LogP contribution in [0.25, 0.3) is 6.08 Å². The van der Waals surface area contributed by atoms with E-state index in [9.17, 15) is 9.59 Å². The fraction of sp³-hybridized carbons (Fsp3) is 0.304. The van der Waals surface area contributed by atoms with Crippen molar-refractivity contribution in [2.75, 3.05) is 26.1 Å². The molecule has 0 saturated carbocycles. The lowest BCUT2D eigenvalue weighted by molar-refractivity contribution is -0.111. The van der Waals surface area contributed by atoms with E-state index in [1.165, 1.54) is 13.2 Å². The number of carbonyl (C=O) groups is 2. The van der Waals surface area contributed by atoms with Crippen molar-refractivity contribution in [1.29, 1.82) is 0 Å². The minimum Gasteiger partial charge on any atom is -0.493 e. The Morgan fingerprint density at radius 1 is 1.00 bits per heavy atom. The third kappa shape index (κ3) is 6.99. The van der Waals surface area contributed by atoms with Gasteiger partial charge in [0.05, 0.1) is 26.4 Å². The zero-order chi connectivity index (χ0) is 21.1. The van der Waals surface area contributed by atoms with Crippen molar-refractivity contribution in [3.63, 3.8) is 0 Å². The van der Waals surface area contributed by atoms with Gasteiger partial charge in [0.2, 0.25) is 5.91 Å². The Morgan fingerprint density at radius 2 is 1.76 bits per heavy atom. The second-order valence-electron chi connectivity index (χ2n) is 6.36. The maximum atomic E-state index is 12.1. The highest BCUT2D eigenvalue weighted by molar-refractivity contribution is 6.02. The number of ether oxygens (including phenoxy) is 3. The molecule has 1 N–H and O–H groups in total. The number of hydrogen-bond acceptors (Lipinski definition) is 5. The molecule has 0 atom stereocenters. The third-order valence-corrected chi connectivity index (χ3v) is 4.19. The molecule has 1 amide bonds. The van der Waals surface area contributed by atoms with Crippen LogP contribution in [0.4, 0.5) is 5.69 Å². The topological polar surface area (TPSA) is 73.9 Å². The number of nitrogens with one attached hydrogen (secondary N) is 1. The Hall–Kier alpha value is -3.28. The van der Waals surface area contributed by atoms with Gasteiger partial charge in [-0.25, -0.2) is 4.79 Å². The minimum atomic E-state index is -0.422. The standard InChI is InChI=1S/C23H27NO5/c1-4-5-6-15-29-20-13-7-17(16-21(20)27-2)8-14-22(25)24-19-11-9-18(10-12-19)23(26)28-3/h7-14,16H,4-6,15H2,1-3H3,(H,24,25). The molecule has 0 fully saturated rings. The van der Waals surface area contributed by atoms with Crippen molar-refractivity contribution < 1.29 is 23.8 Å². The van der Waals surface area contributed by atoms with Gasteiger partial charge in [-0.15, -0.1) is 0 Å². The normalized spacial score (nSPS) is 10.6. The molecular formula is C23H27NO5. The van der Waals surface area contributed by atoms with Gasteiger partial charge in [-0.1, -0.05) is 25.8 Å². The maximum absolute atomic E-state index is 12.1. The van der Waals surface area contributed by atoms with Crippen LogP contribution in [-0.2, 0) is 9.53 Å². The molecule has 154 valence electrons. The van der Waals surface area contributed by atoms with Gasteiger partial charge in [-0.05, 0) is 54.5 Å². The summed E-state index contributed by atoms with van der Waals surface area (Å²) in [5, 5.41) is 2.74. The van der Waals surface area contributed by atoms with Gasteiger partial charge in [0.25, 0.3) is 0 Å². The molecule has 0 aliphatic carbocycles. The Labute approximate surface area is 171 Å². The zero-order valence-electron chi connectivity index (χ0n) is 17.1. The fourth-order valence-corrected chi connectivity index (χ4v) is 2.60. The molecule has 0 saturated heterocycles. The van der Waals surface area contributed by atoms with E-state index in [0.717, 1.165) is 24.8 Å². The van der Waals surface area contributed by atoms with Crippen LogP contribution in [0.3, 0.4) is 0 Å². The van der Waals surface area contributed by atoms with E-state index in [1.807, 2.05) is 18.2 Å². The molecule has 0 bridgehead atoms. The van der Waals surface area contributed by atoms with Gasteiger partial charge < -0.3 is 19.5 Å². The first-order valence-corrected chi connectivity index (χ1v) is 9.55. The van der Waals surface area contributed by atoms with Crippen molar-refractivity contribution in [2.24, 2.45) is 0 Å². The Kier molecular flexibility index (Phi) is 8.76. The third-order valence-electron chi connectivity index (χ3n) is 4.19. The molecule has 2 aromatic rings. The molecule has 0 heterocycles. The first-order chi connectivity index (χ1) is 14.1. The van der Waals surface area contributed by atoms with Crippen LogP contribution in [0.1, 0.15) is 42.1 Å². The van der Waals surface area contributed by atoms with Gasteiger partial charge in [0, 0.05) is 11.8 Å². The van der Waals surface area contributed by atoms with Gasteiger partial charge >= 0.3 is 5.97 Å². The molecule has 29 heavy (non-hydrogen) atoms. The molecule has 6 heteroatoms. The van der Waals surface area contributed by atoms with Crippen LogP contribution in [0.2, 0.25) is 0 Å². The van der Waals surface area contributed by atoms with Gasteiger partial charge in [0.1, 0.15) is 0 Å². The summed E-state index contributed by atoms with van der Waals surface area (Å²) in [6.07, 6.45) is 6.40. The number of unbranched alkanes of at least 4 members (excludes halogenated alkanes) is 2. The minimum absolute atomic E-state index is 0.283. The number of anilines is 1. The lowest BCUT2D eigenvalue weighted by atomic mass is 10.2. The number of amides is 1. The highest BCUT2D eigenvalue weighted by atomic mass is 16.5. The number of rotatable bonds is 10. The van der Waals surface area contributed by atoms with E-state index in [4.69, 9.17) is 9.47 Å². The second kappa shape index (κ2) is 11.5. The molecule has 0 aromatic heterocycles. The van der Waals surface area contributed by atoms with E-state index >= 15 is 0 Å². The van der Waals surface area contributed by atoms with Crippen LogP contribution in [0, 0.1) is 0 Å². The van der Waals surface area contributed by atoms with Crippen LogP contribution < -0.4 is 14.8 Å². The number of esters is 1. The average molecular weight is 397 g/mol. The second-order valence-corrected chi connectivity index (χ2v) is 6.36. The fourth-order valence-electron chi connectivity index (χ4n) is 2.60.